The summed E-state index contributed by atoms with van der Waals surface area (Å²) in [5, 5.41) is 27.5. The van der Waals surface area contributed by atoms with E-state index in [-0.39, 0.29) is 50.2 Å². The van der Waals surface area contributed by atoms with E-state index in [1.165, 1.54) is 0 Å². The fourth-order valence-corrected chi connectivity index (χ4v) is 4.51. The molecule has 0 amide bonds. The maximum atomic E-state index is 12.9. The van der Waals surface area contributed by atoms with Gasteiger partial charge >= 0.3 is 11.9 Å². The number of nitrogens with two attached hydrogens (primary N) is 1. The third-order valence-electron chi connectivity index (χ3n) is 7.18. The summed E-state index contributed by atoms with van der Waals surface area (Å²) in [6.07, 6.45) is 1.24. The molecular weight excluding hydrogens is 568 g/mol. The Bertz CT molecular complexity index is 1190. The van der Waals surface area contributed by atoms with Gasteiger partial charge in [0.25, 0.3) is 0 Å². The first-order chi connectivity index (χ1) is 20.9. The first kappa shape index (κ1) is 36.5. The summed E-state index contributed by atoms with van der Waals surface area (Å²) in [7, 11) is 1.71. The second-order valence-corrected chi connectivity index (χ2v) is 11.0. The van der Waals surface area contributed by atoms with Gasteiger partial charge in [-0.15, -0.1) is 0 Å². The highest BCUT2D eigenvalue weighted by atomic mass is 16.5. The van der Waals surface area contributed by atoms with Gasteiger partial charge in [0.2, 0.25) is 0 Å². The summed E-state index contributed by atoms with van der Waals surface area (Å²) in [5.41, 5.74) is 8.73. The van der Waals surface area contributed by atoms with E-state index < -0.39 is 18.0 Å². The van der Waals surface area contributed by atoms with Crippen LogP contribution in [-0.2, 0) is 43.4 Å². The number of nitrogens with zero attached hydrogens (tertiary/aromatic N) is 3. The molecule has 0 aliphatic heterocycles. The zero-order valence-electron chi connectivity index (χ0n) is 25.7. The van der Waals surface area contributed by atoms with Crippen LogP contribution in [0.5, 0.6) is 5.75 Å². The number of carbonyl (C=O) groups excluding carboxylic acids is 2. The van der Waals surface area contributed by atoms with Crippen LogP contribution in [0.2, 0.25) is 0 Å². The largest absolute Gasteiger partial charge is 0.508 e. The molecule has 0 saturated carbocycles. The molecule has 242 valence electrons. The number of likely N-dealkylation sites (N-methyl/N-ethyl adjacent to an activating group) is 2. The first-order valence-electron chi connectivity index (χ1n) is 14.8. The van der Waals surface area contributed by atoms with Gasteiger partial charge in [0.05, 0.1) is 32.3 Å². The molecule has 2 aromatic rings. The summed E-state index contributed by atoms with van der Waals surface area (Å²) in [4.78, 5) is 52.7. The zero-order chi connectivity index (χ0) is 32.5. The van der Waals surface area contributed by atoms with E-state index in [1.54, 1.807) is 41.1 Å². The molecular formula is C32H46N4O8. The summed E-state index contributed by atoms with van der Waals surface area (Å²) in [6.45, 7) is 4.53. The highest BCUT2D eigenvalue weighted by molar-refractivity contribution is 5.85. The Hall–Kier alpha value is -3.68. The number of aromatic hydroxyl groups is 1. The number of benzene rings is 2. The second kappa shape index (κ2) is 19.6. The highest BCUT2D eigenvalue weighted by Crippen LogP contribution is 2.12. The summed E-state index contributed by atoms with van der Waals surface area (Å²) in [6, 6.07) is 13.5. The molecule has 12 heteroatoms. The van der Waals surface area contributed by atoms with Crippen molar-refractivity contribution in [3.05, 3.63) is 65.2 Å². The van der Waals surface area contributed by atoms with Gasteiger partial charge in [-0.1, -0.05) is 43.3 Å². The van der Waals surface area contributed by atoms with E-state index in [0.717, 1.165) is 16.7 Å². The van der Waals surface area contributed by atoms with Crippen LogP contribution in [0.25, 0.3) is 0 Å². The molecule has 0 aliphatic rings. The maximum absolute atomic E-state index is 12.9. The molecule has 0 aliphatic carbocycles. The molecule has 2 rings (SSSR count). The number of Topliss-reactive ketones (excluding diaryl/α,β-unsaturated/α-hetero) is 2. The van der Waals surface area contributed by atoms with Crippen molar-refractivity contribution in [3.63, 3.8) is 0 Å². The number of phenols is 1. The Morgan fingerprint density at radius 1 is 0.795 bits per heavy atom. The van der Waals surface area contributed by atoms with Crippen molar-refractivity contribution in [2.24, 2.45) is 5.73 Å². The van der Waals surface area contributed by atoms with E-state index in [9.17, 15) is 24.3 Å². The van der Waals surface area contributed by atoms with Crippen molar-refractivity contribution < 1.29 is 39.2 Å². The number of rotatable bonds is 23. The van der Waals surface area contributed by atoms with Crippen molar-refractivity contribution in [1.82, 2.24) is 14.7 Å². The molecule has 0 heterocycles. The Morgan fingerprint density at radius 3 is 1.98 bits per heavy atom. The fourth-order valence-electron chi connectivity index (χ4n) is 4.51. The van der Waals surface area contributed by atoms with E-state index in [4.69, 9.17) is 20.7 Å². The number of carboxylic acid groups (broad SMARTS) is 2. The van der Waals surface area contributed by atoms with E-state index >= 15 is 0 Å². The van der Waals surface area contributed by atoms with Gasteiger partial charge in [0.15, 0.2) is 5.78 Å². The smallest absolute Gasteiger partial charge is 0.317 e. The molecule has 12 nitrogen and oxygen atoms in total. The van der Waals surface area contributed by atoms with Gasteiger partial charge in [0.1, 0.15) is 18.1 Å². The van der Waals surface area contributed by atoms with Crippen molar-refractivity contribution in [1.29, 1.82) is 0 Å². The molecule has 1 atom stereocenters. The molecule has 5 N–H and O–H groups in total. The molecule has 0 bridgehead atoms. The molecule has 0 saturated heterocycles. The number of ketones is 2. The van der Waals surface area contributed by atoms with Crippen LogP contribution in [0.4, 0.5) is 0 Å². The van der Waals surface area contributed by atoms with Crippen molar-refractivity contribution in [2.45, 2.75) is 38.8 Å². The molecule has 0 aromatic heterocycles. The second-order valence-electron chi connectivity index (χ2n) is 11.0. The molecule has 2 aromatic carbocycles. The van der Waals surface area contributed by atoms with Crippen LogP contribution in [0.15, 0.2) is 48.5 Å². The number of hydrogen-bond acceptors (Lipinski definition) is 10. The van der Waals surface area contributed by atoms with Crippen LogP contribution in [-0.4, -0.2) is 126 Å². The fraction of sp³-hybridized carbons (Fsp3) is 0.500. The number of carbonyl (C=O) groups is 4. The molecule has 0 spiro atoms. The number of phenolic OH excluding ortho intramolecular Hbond substituents is 1. The number of ether oxygens (including phenoxy) is 1. The van der Waals surface area contributed by atoms with Crippen LogP contribution in [0.3, 0.4) is 0 Å². The van der Waals surface area contributed by atoms with Gasteiger partial charge in [0, 0.05) is 32.6 Å². The molecule has 0 fully saturated rings. The maximum Gasteiger partial charge on any atom is 0.317 e. The quantitative estimate of drug-likeness (QED) is 0.141. The van der Waals surface area contributed by atoms with Gasteiger partial charge in [-0.3, -0.25) is 33.9 Å². The minimum atomic E-state index is -0.925. The Morgan fingerprint density at radius 2 is 1.36 bits per heavy atom. The lowest BCUT2D eigenvalue weighted by molar-refractivity contribution is -0.139. The topological polar surface area (TPSA) is 174 Å². The van der Waals surface area contributed by atoms with Gasteiger partial charge in [-0.25, -0.2) is 0 Å². The van der Waals surface area contributed by atoms with Gasteiger partial charge in [-0.2, -0.15) is 0 Å². The third kappa shape index (κ3) is 15.2. The first-order valence-corrected chi connectivity index (χ1v) is 14.8. The summed E-state index contributed by atoms with van der Waals surface area (Å²) >= 11 is 0. The SMILES string of the molecule is CCN(CCN(CCN(C)CC(=O)O)CC(=O)CCc1ccc(COCC(=O)[C@H](N)Cc2ccc(O)cc2)cc1)CC(=O)O. The van der Waals surface area contributed by atoms with Gasteiger partial charge in [-0.05, 0) is 55.3 Å². The number of aryl methyl sites for hydroxylation is 1. The lowest BCUT2D eigenvalue weighted by atomic mass is 10.0. The van der Waals surface area contributed by atoms with Crippen molar-refractivity contribution in [2.75, 3.05) is 66.0 Å². The summed E-state index contributed by atoms with van der Waals surface area (Å²) in [5.74, 6) is -1.85. The minimum absolute atomic E-state index is 0.0433. The predicted molar refractivity (Wildman–Crippen MR) is 166 cm³/mol. The Balaban J connectivity index is 1.79. The monoisotopic (exact) mass is 614 g/mol. The van der Waals surface area contributed by atoms with Crippen molar-refractivity contribution in [3.8, 4) is 5.75 Å². The lowest BCUT2D eigenvalue weighted by Gasteiger charge is -2.27. The van der Waals surface area contributed by atoms with E-state index in [2.05, 4.69) is 0 Å². The van der Waals surface area contributed by atoms with Crippen LogP contribution < -0.4 is 5.73 Å². The number of aliphatic carboxylic acids is 2. The molecule has 0 unspecified atom stereocenters. The number of carboxylic acids is 2. The average molecular weight is 615 g/mol. The number of hydrogen-bond donors (Lipinski definition) is 4. The highest BCUT2D eigenvalue weighted by Gasteiger charge is 2.16. The Kier molecular flexibility index (Phi) is 16.2. The molecule has 44 heavy (non-hydrogen) atoms. The van der Waals surface area contributed by atoms with E-state index in [1.807, 2.05) is 36.1 Å². The third-order valence-corrected chi connectivity index (χ3v) is 7.18. The predicted octanol–water partition coefficient (Wildman–Crippen LogP) is 1.27. The van der Waals surface area contributed by atoms with Crippen LogP contribution in [0.1, 0.15) is 30.0 Å². The van der Waals surface area contributed by atoms with E-state index in [0.29, 0.717) is 52.0 Å². The zero-order valence-corrected chi connectivity index (χ0v) is 25.7. The lowest BCUT2D eigenvalue weighted by Crippen LogP contribution is -2.43. The minimum Gasteiger partial charge on any atom is -0.508 e. The standard InChI is InChI=1S/C32H46N4O8/c1-3-35(21-32(42)43)16-17-36(15-14-34(2)20-31(40)41)19-28(38)13-8-24-4-6-26(7-5-24)22-44-23-30(39)29(33)18-25-9-11-27(37)12-10-25/h4-7,9-12,29,37H,3,8,13-23,33H2,1-2H3,(H,40,41)(H,42,43)/t29-/m1/s1. The van der Waals surface area contributed by atoms with Crippen LogP contribution >= 0.6 is 0 Å². The van der Waals surface area contributed by atoms with Crippen molar-refractivity contribution >= 4 is 23.5 Å². The normalized spacial score (nSPS) is 12.1. The van der Waals surface area contributed by atoms with Gasteiger partial charge < -0.3 is 25.8 Å². The van der Waals surface area contributed by atoms with Crippen LogP contribution in [0, 0.1) is 0 Å². The summed E-state index contributed by atoms with van der Waals surface area (Å²) < 4.78 is 5.57. The average Bonchev–Trinajstić information content (AvgIpc) is 2.97. The molecule has 0 radical (unpaired) electrons. The Labute approximate surface area is 259 Å².